The summed E-state index contributed by atoms with van der Waals surface area (Å²) in [6.07, 6.45) is -0.966. The number of nitrogens with zero attached hydrogens (tertiary/aromatic N) is 2. The molecule has 3 aromatic rings. The third-order valence-corrected chi connectivity index (χ3v) is 12.2. The molecule has 2 bridgehead atoms. The van der Waals surface area contributed by atoms with Crippen molar-refractivity contribution in [2.45, 2.75) is 102 Å². The van der Waals surface area contributed by atoms with Crippen molar-refractivity contribution in [3.05, 3.63) is 87.1 Å². The van der Waals surface area contributed by atoms with Crippen molar-refractivity contribution in [1.82, 2.24) is 20.2 Å². The molecule has 11 nitrogen and oxygen atoms in total. The number of hydrogen-bond acceptors (Lipinski definition) is 7. The molecule has 0 radical (unpaired) electrons. The van der Waals surface area contributed by atoms with E-state index in [1.54, 1.807) is 31.2 Å². The maximum absolute atomic E-state index is 14.3. The van der Waals surface area contributed by atoms with E-state index in [1.807, 2.05) is 6.92 Å². The van der Waals surface area contributed by atoms with Crippen molar-refractivity contribution in [2.24, 2.45) is 17.3 Å². The molecule has 3 aliphatic carbocycles. The highest BCUT2D eigenvalue weighted by atomic mass is 35.5. The minimum Gasteiger partial charge on any atom is -0.404 e. The summed E-state index contributed by atoms with van der Waals surface area (Å²) in [4.78, 5) is 46.3. The molecular formula is C37H43BClF3N6O5. The molecule has 2 unspecified atom stereocenters. The van der Waals surface area contributed by atoms with Gasteiger partial charge in [0.05, 0.1) is 45.7 Å². The number of nitrogens with one attached hydrogen (secondary N) is 4. The number of fused-ring (bicyclic) bond motifs is 1. The Morgan fingerprint density at radius 3 is 2.55 bits per heavy atom. The van der Waals surface area contributed by atoms with Gasteiger partial charge in [-0.15, -0.1) is 0 Å². The highest BCUT2D eigenvalue weighted by Crippen LogP contribution is 2.64. The van der Waals surface area contributed by atoms with Crippen molar-refractivity contribution in [3.63, 3.8) is 0 Å². The lowest BCUT2D eigenvalue weighted by atomic mass is 9.45. The number of alkyl halides is 3. The van der Waals surface area contributed by atoms with E-state index in [2.05, 4.69) is 47.0 Å². The summed E-state index contributed by atoms with van der Waals surface area (Å²) in [5, 5.41) is 11.9. The minimum atomic E-state index is -4.53. The van der Waals surface area contributed by atoms with E-state index < -0.39 is 59.5 Å². The number of anilines is 2. The van der Waals surface area contributed by atoms with E-state index in [1.165, 1.54) is 22.9 Å². The first-order valence-corrected chi connectivity index (χ1v) is 18.3. The molecule has 5 aliphatic rings. The highest BCUT2D eigenvalue weighted by molar-refractivity contribution is 6.47. The van der Waals surface area contributed by atoms with Gasteiger partial charge in [-0.2, -0.15) is 13.2 Å². The third kappa shape index (κ3) is 6.69. The van der Waals surface area contributed by atoms with Crippen LogP contribution in [0.2, 0.25) is 5.02 Å². The summed E-state index contributed by atoms with van der Waals surface area (Å²) in [5.74, 6) is -0.0180. The van der Waals surface area contributed by atoms with E-state index in [0.29, 0.717) is 34.5 Å². The quantitative estimate of drug-likeness (QED) is 0.179. The van der Waals surface area contributed by atoms with E-state index in [-0.39, 0.29) is 36.0 Å². The van der Waals surface area contributed by atoms with E-state index in [4.69, 9.17) is 20.9 Å². The van der Waals surface area contributed by atoms with Crippen LogP contribution in [-0.4, -0.2) is 46.3 Å². The molecule has 2 aliphatic heterocycles. The molecule has 0 spiro atoms. The molecule has 1 aromatic heterocycles. The van der Waals surface area contributed by atoms with Crippen LogP contribution in [0.25, 0.3) is 0 Å². The minimum absolute atomic E-state index is 0.0261. The Morgan fingerprint density at radius 1 is 1.09 bits per heavy atom. The summed E-state index contributed by atoms with van der Waals surface area (Å²) in [7, 11) is -0.698. The molecule has 4 N–H and O–H groups in total. The zero-order chi connectivity index (χ0) is 38.1. The number of amides is 3. The number of carbonyl (C=O) groups excluding carboxylic acids is 2. The number of rotatable bonds is 9. The van der Waals surface area contributed by atoms with Crippen LogP contribution >= 0.6 is 11.6 Å². The Bertz CT molecular complexity index is 2000. The largest absolute Gasteiger partial charge is 0.481 e. The topological polar surface area (TPSA) is 136 Å². The monoisotopic (exact) mass is 754 g/mol. The average molecular weight is 755 g/mol. The maximum atomic E-state index is 14.3. The van der Waals surface area contributed by atoms with Gasteiger partial charge >= 0.3 is 19.3 Å². The van der Waals surface area contributed by atoms with Crippen LogP contribution in [0.1, 0.15) is 83.3 Å². The van der Waals surface area contributed by atoms with Gasteiger partial charge in [0.25, 0.3) is 5.56 Å². The van der Waals surface area contributed by atoms with E-state index in [0.717, 1.165) is 25.0 Å². The normalized spacial score (nSPS) is 28.7. The fraction of sp³-hybridized carbons (Fsp3) is 0.514. The Hall–Kier alpha value is -4.08. The molecule has 4 fully saturated rings. The van der Waals surface area contributed by atoms with Crippen molar-refractivity contribution in [1.29, 1.82) is 0 Å². The number of aromatic nitrogens is 2. The summed E-state index contributed by atoms with van der Waals surface area (Å²) in [5.41, 5.74) is -2.43. The van der Waals surface area contributed by atoms with Gasteiger partial charge in [-0.3, -0.25) is 14.2 Å². The van der Waals surface area contributed by atoms with Crippen molar-refractivity contribution in [3.8, 4) is 0 Å². The van der Waals surface area contributed by atoms with Crippen molar-refractivity contribution < 1.29 is 32.1 Å². The number of para-hydroxylation sites is 1. The van der Waals surface area contributed by atoms with Gasteiger partial charge in [0.2, 0.25) is 5.91 Å². The zero-order valence-corrected chi connectivity index (χ0v) is 30.9. The van der Waals surface area contributed by atoms with Crippen LogP contribution in [0.4, 0.5) is 29.3 Å². The molecule has 3 heterocycles. The van der Waals surface area contributed by atoms with Gasteiger partial charge in [0, 0.05) is 13.0 Å². The second-order valence-electron chi connectivity index (χ2n) is 15.8. The predicted octanol–water partition coefficient (Wildman–Crippen LogP) is 6.67. The Kier molecular flexibility index (Phi) is 9.38. The molecular weight excluding hydrogens is 712 g/mol. The fourth-order valence-electron chi connectivity index (χ4n) is 8.75. The lowest BCUT2D eigenvalue weighted by Crippen LogP contribution is -2.63. The first kappa shape index (κ1) is 37.2. The molecule has 3 saturated carbocycles. The predicted molar refractivity (Wildman–Crippen MR) is 194 cm³/mol. The number of carbonyl (C=O) groups is 2. The Balaban J connectivity index is 1.15. The first-order chi connectivity index (χ1) is 24.9. The fourth-order valence-corrected chi connectivity index (χ4v) is 8.94. The molecule has 3 amide bonds. The van der Waals surface area contributed by atoms with Gasteiger partial charge < -0.3 is 30.6 Å². The van der Waals surface area contributed by atoms with Crippen LogP contribution in [0.3, 0.4) is 0 Å². The van der Waals surface area contributed by atoms with E-state index >= 15 is 0 Å². The lowest BCUT2D eigenvalue weighted by Gasteiger charge is -2.63. The van der Waals surface area contributed by atoms with Crippen molar-refractivity contribution in [2.75, 3.05) is 10.6 Å². The summed E-state index contributed by atoms with van der Waals surface area (Å²) in [6.45, 7) is 10.1. The van der Waals surface area contributed by atoms with Crippen LogP contribution in [0.15, 0.2) is 59.5 Å². The molecule has 2 aromatic carbocycles. The number of benzene rings is 2. The van der Waals surface area contributed by atoms with Gasteiger partial charge in [-0.1, -0.05) is 56.6 Å². The summed E-state index contributed by atoms with van der Waals surface area (Å²) in [6, 6.07) is 9.71. The highest BCUT2D eigenvalue weighted by Gasteiger charge is 2.67. The Morgan fingerprint density at radius 2 is 1.85 bits per heavy atom. The smallest absolute Gasteiger partial charge is 0.404 e. The molecule has 8 rings (SSSR count). The van der Waals surface area contributed by atoms with Gasteiger partial charge in [-0.25, -0.2) is 9.78 Å². The van der Waals surface area contributed by atoms with Crippen LogP contribution in [0, 0.1) is 17.3 Å². The SMILES string of the molecule is CC[C@H](NC(=O)[C@@H]1C[C@@](C)(NC(=O)Nc2ccccc2Cl)c2ncc(NCc3cccc(C(F)(F)F)c3)c(=O)n21)B1O[C@@H]2C3CC(C[C@]2(C)O1)C3(C)C. The third-order valence-electron chi connectivity index (χ3n) is 11.9. The van der Waals surface area contributed by atoms with Crippen molar-refractivity contribution >= 4 is 42.0 Å². The second-order valence-corrected chi connectivity index (χ2v) is 16.2. The molecule has 53 heavy (non-hydrogen) atoms. The molecule has 7 atom stereocenters. The summed E-state index contributed by atoms with van der Waals surface area (Å²) < 4.78 is 54.4. The van der Waals surface area contributed by atoms with Gasteiger partial charge in [0.1, 0.15) is 17.6 Å². The Labute approximate surface area is 310 Å². The summed E-state index contributed by atoms with van der Waals surface area (Å²) >= 11 is 6.26. The first-order valence-electron chi connectivity index (χ1n) is 17.9. The number of halogens is 4. The molecule has 282 valence electrons. The van der Waals surface area contributed by atoms with E-state index in [9.17, 15) is 27.6 Å². The zero-order valence-electron chi connectivity index (χ0n) is 30.1. The molecule has 16 heteroatoms. The van der Waals surface area contributed by atoms with Gasteiger partial charge in [-0.05, 0) is 80.2 Å². The van der Waals surface area contributed by atoms with Gasteiger partial charge in [0.15, 0.2) is 0 Å². The van der Waals surface area contributed by atoms with Crippen LogP contribution in [0.5, 0.6) is 0 Å². The second kappa shape index (κ2) is 13.3. The van der Waals surface area contributed by atoms with Crippen LogP contribution < -0.4 is 26.8 Å². The number of urea groups is 1. The van der Waals surface area contributed by atoms with Crippen LogP contribution in [-0.2, 0) is 32.4 Å². The average Bonchev–Trinajstić information content (AvgIpc) is 3.61. The number of hydrogen-bond donors (Lipinski definition) is 4. The molecule has 1 saturated heterocycles. The standard InChI is InChI=1S/C37H43BClF3N6O5/c1-6-28(38-52-29-23-15-22(34(23,2)3)16-36(29,5)53-38)46-30(49)27-17-35(4,47-33(51)45-25-13-8-7-12-24(25)39)32-44-19-26(31(50)48(27)32)43-18-20-10-9-11-21(14-20)37(40,41)42/h7-14,19,22-23,27-29,43H,6,15-18H2,1-5H3,(H,46,49)(H2,45,47,51)/t22?,23?,27-,28-,29+,35+,36-/m0/s1. The maximum Gasteiger partial charge on any atom is 0.481 e. The lowest BCUT2D eigenvalue weighted by molar-refractivity contribution is -0.185.